The summed E-state index contributed by atoms with van der Waals surface area (Å²) in [4.78, 5) is 14.2. The van der Waals surface area contributed by atoms with Crippen LogP contribution in [0.25, 0.3) is 22.3 Å². The normalized spacial score (nSPS) is 19.8. The van der Waals surface area contributed by atoms with Gasteiger partial charge in [0.15, 0.2) is 0 Å². The average Bonchev–Trinajstić information content (AvgIpc) is 3.70. The van der Waals surface area contributed by atoms with Gasteiger partial charge >= 0.3 is 0 Å². The molecule has 6 rings (SSSR count). The lowest BCUT2D eigenvalue weighted by molar-refractivity contribution is 0.111. The SMILES string of the molecule is CCc1nc2ccc(-c3cc(C4CC4)cc(Nc4ncccc4C#N)n3)cc2n1C1CCC(O)CC1. The number of hydrogen-bond acceptors (Lipinski definition) is 6. The first-order valence-corrected chi connectivity index (χ1v) is 13.0. The molecule has 2 aliphatic carbocycles. The van der Waals surface area contributed by atoms with E-state index < -0.39 is 0 Å². The summed E-state index contributed by atoms with van der Waals surface area (Å²) in [6, 6.07) is 16.8. The van der Waals surface area contributed by atoms with E-state index in [1.165, 1.54) is 18.4 Å². The van der Waals surface area contributed by atoms with Crippen LogP contribution in [0.4, 0.5) is 11.6 Å². The minimum absolute atomic E-state index is 0.183. The van der Waals surface area contributed by atoms with Crippen LogP contribution in [0.15, 0.2) is 48.7 Å². The molecule has 2 fully saturated rings. The van der Waals surface area contributed by atoms with Crippen molar-refractivity contribution in [2.24, 2.45) is 0 Å². The Bertz CT molecular complexity index is 1460. The molecular formula is C29H30N6O. The van der Waals surface area contributed by atoms with Crippen molar-refractivity contribution >= 4 is 22.7 Å². The summed E-state index contributed by atoms with van der Waals surface area (Å²) in [5.41, 5.74) is 5.85. The van der Waals surface area contributed by atoms with Crippen LogP contribution in [0.2, 0.25) is 0 Å². The van der Waals surface area contributed by atoms with Crippen LogP contribution in [-0.2, 0) is 6.42 Å². The third-order valence-electron chi connectivity index (χ3n) is 7.48. The third kappa shape index (κ3) is 4.33. The van der Waals surface area contributed by atoms with E-state index in [2.05, 4.69) is 58.2 Å². The first-order valence-electron chi connectivity index (χ1n) is 13.0. The third-order valence-corrected chi connectivity index (χ3v) is 7.48. The molecule has 2 saturated carbocycles. The van der Waals surface area contributed by atoms with Gasteiger partial charge in [-0.1, -0.05) is 13.0 Å². The Balaban J connectivity index is 1.42. The molecule has 0 radical (unpaired) electrons. The standard InChI is InChI=1S/C29H30N6O/c1-2-28-33-24-12-7-19(15-26(24)35(28)22-8-10-23(36)11-9-22)25-14-21(18-5-6-18)16-27(32-25)34-29-20(17-30)4-3-13-31-29/h3-4,7,12-16,18,22-23,36H,2,5-6,8-11H2,1H3,(H,31,32,34). The van der Waals surface area contributed by atoms with Gasteiger partial charge < -0.3 is 15.0 Å². The number of hydrogen-bond donors (Lipinski definition) is 2. The molecule has 2 N–H and O–H groups in total. The topological polar surface area (TPSA) is 99.7 Å². The number of aromatic nitrogens is 4. The number of fused-ring (bicyclic) bond motifs is 1. The summed E-state index contributed by atoms with van der Waals surface area (Å²) in [6.07, 6.45) is 8.37. The van der Waals surface area contributed by atoms with E-state index in [9.17, 15) is 10.4 Å². The van der Waals surface area contributed by atoms with E-state index in [1.54, 1.807) is 18.3 Å². The van der Waals surface area contributed by atoms with E-state index >= 15 is 0 Å². The number of aryl methyl sites for hydroxylation is 1. The quantitative estimate of drug-likeness (QED) is 0.351. The van der Waals surface area contributed by atoms with Crippen LogP contribution in [0, 0.1) is 11.3 Å². The second-order valence-electron chi connectivity index (χ2n) is 10.00. The fourth-order valence-electron chi connectivity index (χ4n) is 5.41. The molecule has 0 amide bonds. The monoisotopic (exact) mass is 478 g/mol. The fourth-order valence-corrected chi connectivity index (χ4v) is 5.41. The Morgan fingerprint density at radius 1 is 1.06 bits per heavy atom. The van der Waals surface area contributed by atoms with E-state index in [0.717, 1.165) is 60.2 Å². The van der Waals surface area contributed by atoms with Gasteiger partial charge in [0.1, 0.15) is 23.5 Å². The zero-order valence-corrected chi connectivity index (χ0v) is 20.5. The second-order valence-corrected chi connectivity index (χ2v) is 10.00. The molecule has 2 aliphatic rings. The van der Waals surface area contributed by atoms with E-state index in [-0.39, 0.29) is 6.10 Å². The molecule has 1 aromatic carbocycles. The number of aliphatic hydroxyl groups excluding tert-OH is 1. The summed E-state index contributed by atoms with van der Waals surface area (Å²) in [5, 5.41) is 22.8. The van der Waals surface area contributed by atoms with Crippen molar-refractivity contribution in [3.05, 3.63) is 65.6 Å². The maximum atomic E-state index is 10.0. The van der Waals surface area contributed by atoms with Gasteiger partial charge in [-0.05, 0) is 86.4 Å². The Kier molecular flexibility index (Phi) is 5.90. The molecule has 0 saturated heterocycles. The number of rotatable bonds is 6. The highest BCUT2D eigenvalue weighted by Gasteiger charge is 2.26. The first-order chi connectivity index (χ1) is 17.6. The number of benzene rings is 1. The van der Waals surface area contributed by atoms with Crippen LogP contribution in [0.5, 0.6) is 0 Å². The highest BCUT2D eigenvalue weighted by Crippen LogP contribution is 2.42. The maximum absolute atomic E-state index is 10.0. The first kappa shape index (κ1) is 22.7. The zero-order chi connectivity index (χ0) is 24.6. The lowest BCUT2D eigenvalue weighted by atomic mass is 9.92. The van der Waals surface area contributed by atoms with Crippen molar-refractivity contribution < 1.29 is 5.11 Å². The van der Waals surface area contributed by atoms with Crippen LogP contribution >= 0.6 is 0 Å². The Hall–Kier alpha value is -3.76. The van der Waals surface area contributed by atoms with Gasteiger partial charge in [-0.3, -0.25) is 0 Å². The number of nitrogens with one attached hydrogen (secondary N) is 1. The van der Waals surface area contributed by atoms with Gasteiger partial charge in [0, 0.05) is 24.2 Å². The highest BCUT2D eigenvalue weighted by molar-refractivity contribution is 5.82. The zero-order valence-electron chi connectivity index (χ0n) is 20.5. The predicted octanol–water partition coefficient (Wildman–Crippen LogP) is 6.02. The van der Waals surface area contributed by atoms with E-state index in [1.807, 2.05) is 0 Å². The minimum Gasteiger partial charge on any atom is -0.393 e. The Morgan fingerprint density at radius 3 is 2.64 bits per heavy atom. The van der Waals surface area contributed by atoms with E-state index in [0.29, 0.717) is 29.2 Å². The van der Waals surface area contributed by atoms with Crippen molar-refractivity contribution in [2.45, 2.75) is 69.9 Å². The van der Waals surface area contributed by atoms with Gasteiger partial charge in [0.25, 0.3) is 0 Å². The van der Waals surface area contributed by atoms with Crippen molar-refractivity contribution in [3.63, 3.8) is 0 Å². The van der Waals surface area contributed by atoms with Crippen LogP contribution in [0.1, 0.15) is 74.4 Å². The van der Waals surface area contributed by atoms with Crippen LogP contribution in [0.3, 0.4) is 0 Å². The average molecular weight is 479 g/mol. The van der Waals surface area contributed by atoms with Crippen LogP contribution < -0.4 is 5.32 Å². The molecule has 0 unspecified atom stereocenters. The number of pyridine rings is 2. The van der Waals surface area contributed by atoms with Crippen molar-refractivity contribution in [1.29, 1.82) is 5.26 Å². The summed E-state index contributed by atoms with van der Waals surface area (Å²) in [7, 11) is 0. The number of imidazole rings is 1. The Morgan fingerprint density at radius 2 is 1.89 bits per heavy atom. The van der Waals surface area contributed by atoms with E-state index in [4.69, 9.17) is 9.97 Å². The van der Waals surface area contributed by atoms with Gasteiger partial charge in [0.05, 0.1) is 28.4 Å². The molecule has 0 bridgehead atoms. The molecule has 36 heavy (non-hydrogen) atoms. The van der Waals surface area contributed by atoms with Crippen molar-refractivity contribution in [1.82, 2.24) is 19.5 Å². The number of anilines is 2. The van der Waals surface area contributed by atoms with Gasteiger partial charge in [-0.25, -0.2) is 15.0 Å². The van der Waals surface area contributed by atoms with Gasteiger partial charge in [-0.2, -0.15) is 5.26 Å². The molecular weight excluding hydrogens is 448 g/mol. The van der Waals surface area contributed by atoms with Crippen LogP contribution in [-0.4, -0.2) is 30.7 Å². The predicted molar refractivity (Wildman–Crippen MR) is 140 cm³/mol. The summed E-state index contributed by atoms with van der Waals surface area (Å²) in [5.74, 6) is 2.88. The summed E-state index contributed by atoms with van der Waals surface area (Å²) >= 11 is 0. The smallest absolute Gasteiger partial charge is 0.149 e. The molecule has 7 heteroatoms. The molecule has 0 atom stereocenters. The molecule has 182 valence electrons. The van der Waals surface area contributed by atoms with Gasteiger partial charge in [0.2, 0.25) is 0 Å². The van der Waals surface area contributed by atoms with Crippen molar-refractivity contribution in [3.8, 4) is 17.3 Å². The number of aliphatic hydroxyl groups is 1. The second kappa shape index (κ2) is 9.36. The van der Waals surface area contributed by atoms with Gasteiger partial charge in [-0.15, -0.1) is 0 Å². The molecule has 3 aromatic heterocycles. The lowest BCUT2D eigenvalue weighted by Gasteiger charge is -2.28. The highest BCUT2D eigenvalue weighted by atomic mass is 16.3. The molecule has 4 aromatic rings. The maximum Gasteiger partial charge on any atom is 0.149 e. The lowest BCUT2D eigenvalue weighted by Crippen LogP contribution is -2.22. The van der Waals surface area contributed by atoms with Crippen molar-refractivity contribution in [2.75, 3.05) is 5.32 Å². The molecule has 0 aliphatic heterocycles. The number of nitriles is 1. The number of nitrogens with zero attached hydrogens (tertiary/aromatic N) is 5. The molecule has 3 heterocycles. The molecule has 0 spiro atoms. The largest absolute Gasteiger partial charge is 0.393 e. The fraction of sp³-hybridized carbons (Fsp3) is 0.379. The summed E-state index contributed by atoms with van der Waals surface area (Å²) in [6.45, 7) is 2.15. The minimum atomic E-state index is -0.183. The Labute approximate surface area is 210 Å². The molecule has 7 nitrogen and oxygen atoms in total. The summed E-state index contributed by atoms with van der Waals surface area (Å²) < 4.78 is 2.40.